The summed E-state index contributed by atoms with van der Waals surface area (Å²) in [6, 6.07) is 0. The van der Waals surface area contributed by atoms with Crippen LogP contribution in [0.15, 0.2) is 0 Å². The summed E-state index contributed by atoms with van der Waals surface area (Å²) in [6.07, 6.45) is 10.8. The van der Waals surface area contributed by atoms with Crippen LogP contribution in [-0.2, 0) is 9.59 Å². The zero-order valence-corrected chi connectivity index (χ0v) is 17.0. The number of aliphatic hydroxyl groups is 1. The monoisotopic (exact) mass is 350 g/mol. The van der Waals surface area contributed by atoms with E-state index in [1.165, 1.54) is 25.6 Å². The molecule has 0 aromatic rings. The van der Waals surface area contributed by atoms with E-state index < -0.39 is 6.10 Å². The molecule has 144 valence electrons. The average Bonchev–Trinajstić information content (AvgIpc) is 2.83. The van der Waals surface area contributed by atoms with E-state index in [0.717, 1.165) is 32.1 Å². The van der Waals surface area contributed by atoms with Crippen LogP contribution in [-0.4, -0.2) is 30.6 Å². The molecule has 0 amide bonds. The molecule has 0 radical (unpaired) electrons. The highest BCUT2D eigenvalue weighted by Gasteiger charge is 2.41. The Hall–Kier alpha value is -0.635. The molecule has 0 saturated heterocycles. The summed E-state index contributed by atoms with van der Waals surface area (Å²) in [4.78, 5) is 24.8. The van der Waals surface area contributed by atoms with Crippen LogP contribution < -0.4 is 0 Å². The summed E-state index contributed by atoms with van der Waals surface area (Å²) in [5.41, 5.74) is -0.279. The maximum Gasteiger partial charge on any atom is 0.138 e. The minimum Gasteiger partial charge on any atom is -0.392 e. The van der Waals surface area contributed by atoms with Gasteiger partial charge in [-0.1, -0.05) is 65.6 Å². The van der Waals surface area contributed by atoms with E-state index in [-0.39, 0.29) is 35.2 Å². The standard InChI is InChI=1S/C21H39BO3/c1-4-5-13-21(2,3)20(25)12-11-17-16(18(23)15-19(17)24)10-8-6-7-9-14-22/h16-17,19,24H,4-15,22H2,1-3H3/t16-,17-,19-/m1/s1. The lowest BCUT2D eigenvalue weighted by Crippen LogP contribution is -2.27. The second kappa shape index (κ2) is 11.2. The highest BCUT2D eigenvalue weighted by atomic mass is 16.3. The molecule has 0 spiro atoms. The van der Waals surface area contributed by atoms with Crippen LogP contribution in [0.25, 0.3) is 0 Å². The molecule has 1 N–H and O–H groups in total. The van der Waals surface area contributed by atoms with Gasteiger partial charge in [-0.05, 0) is 25.2 Å². The number of carbonyl (C=O) groups excluding carboxylic acids is 2. The van der Waals surface area contributed by atoms with Crippen LogP contribution in [0.2, 0.25) is 6.32 Å². The van der Waals surface area contributed by atoms with Crippen molar-refractivity contribution in [2.75, 3.05) is 0 Å². The number of unbranched alkanes of at least 4 members (excludes halogenated alkanes) is 4. The molecule has 0 aliphatic heterocycles. The van der Waals surface area contributed by atoms with Crippen LogP contribution in [0.5, 0.6) is 0 Å². The highest BCUT2D eigenvalue weighted by molar-refractivity contribution is 6.08. The fraction of sp³-hybridized carbons (Fsp3) is 0.905. The third-order valence-electron chi connectivity index (χ3n) is 6.07. The fourth-order valence-electron chi connectivity index (χ4n) is 4.15. The van der Waals surface area contributed by atoms with Gasteiger partial charge in [0.15, 0.2) is 0 Å². The largest absolute Gasteiger partial charge is 0.392 e. The smallest absolute Gasteiger partial charge is 0.138 e. The van der Waals surface area contributed by atoms with Gasteiger partial charge in [0, 0.05) is 24.2 Å². The third-order valence-corrected chi connectivity index (χ3v) is 6.07. The first kappa shape index (κ1) is 22.4. The molecule has 25 heavy (non-hydrogen) atoms. The Labute approximate surface area is 155 Å². The summed E-state index contributed by atoms with van der Waals surface area (Å²) >= 11 is 0. The zero-order chi connectivity index (χ0) is 18.9. The van der Waals surface area contributed by atoms with E-state index in [1.807, 2.05) is 13.8 Å². The third kappa shape index (κ3) is 7.25. The van der Waals surface area contributed by atoms with Gasteiger partial charge in [0.05, 0.1) is 6.10 Å². The van der Waals surface area contributed by atoms with E-state index in [1.54, 1.807) is 0 Å². The van der Waals surface area contributed by atoms with Gasteiger partial charge < -0.3 is 5.11 Å². The molecule has 1 aliphatic rings. The summed E-state index contributed by atoms with van der Waals surface area (Å²) in [7, 11) is 2.20. The van der Waals surface area contributed by atoms with Crippen molar-refractivity contribution in [3.63, 3.8) is 0 Å². The van der Waals surface area contributed by atoms with Gasteiger partial charge in [-0.25, -0.2) is 0 Å². The van der Waals surface area contributed by atoms with Crippen LogP contribution in [0.4, 0.5) is 0 Å². The fourth-order valence-corrected chi connectivity index (χ4v) is 4.15. The minimum atomic E-state index is -0.542. The van der Waals surface area contributed by atoms with Gasteiger partial charge >= 0.3 is 0 Å². The van der Waals surface area contributed by atoms with Crippen LogP contribution >= 0.6 is 0 Å². The quantitative estimate of drug-likeness (QED) is 0.402. The molecule has 3 atom stereocenters. The number of ketones is 2. The van der Waals surface area contributed by atoms with Crippen molar-refractivity contribution in [3.8, 4) is 0 Å². The molecular formula is C21H39BO3. The number of hydrogen-bond donors (Lipinski definition) is 1. The van der Waals surface area contributed by atoms with Crippen LogP contribution in [0.1, 0.15) is 91.4 Å². The lowest BCUT2D eigenvalue weighted by molar-refractivity contribution is -0.128. The average molecular weight is 350 g/mol. The van der Waals surface area contributed by atoms with E-state index in [9.17, 15) is 14.7 Å². The van der Waals surface area contributed by atoms with E-state index >= 15 is 0 Å². The van der Waals surface area contributed by atoms with Gasteiger partial charge in [-0.2, -0.15) is 0 Å². The summed E-state index contributed by atoms with van der Waals surface area (Å²) < 4.78 is 0. The summed E-state index contributed by atoms with van der Waals surface area (Å²) in [5.74, 6) is 0.465. The predicted octanol–water partition coefficient (Wildman–Crippen LogP) is 4.12. The first-order valence-corrected chi connectivity index (χ1v) is 10.6. The van der Waals surface area contributed by atoms with Crippen molar-refractivity contribution < 1.29 is 14.7 Å². The van der Waals surface area contributed by atoms with Crippen molar-refractivity contribution in [1.82, 2.24) is 0 Å². The van der Waals surface area contributed by atoms with Gasteiger partial charge in [-0.15, -0.1) is 0 Å². The Morgan fingerprint density at radius 2 is 1.84 bits per heavy atom. The summed E-state index contributed by atoms with van der Waals surface area (Å²) in [5, 5.41) is 10.3. The van der Waals surface area contributed by atoms with Crippen molar-refractivity contribution in [2.45, 2.75) is 104 Å². The molecule has 0 aromatic heterocycles. The molecule has 1 rings (SSSR count). The van der Waals surface area contributed by atoms with Crippen molar-refractivity contribution in [1.29, 1.82) is 0 Å². The molecule has 3 nitrogen and oxygen atoms in total. The molecule has 4 heteroatoms. The second-order valence-corrected chi connectivity index (χ2v) is 8.66. The van der Waals surface area contributed by atoms with Gasteiger partial charge in [0.1, 0.15) is 19.4 Å². The summed E-state index contributed by atoms with van der Waals surface area (Å²) in [6.45, 7) is 6.21. The molecule has 1 saturated carbocycles. The van der Waals surface area contributed by atoms with Gasteiger partial charge in [0.2, 0.25) is 0 Å². The number of carbonyl (C=O) groups is 2. The Balaban J connectivity index is 2.50. The molecule has 1 aliphatic carbocycles. The Bertz CT molecular complexity index is 419. The molecule has 0 aromatic carbocycles. The van der Waals surface area contributed by atoms with Gasteiger partial charge in [-0.3, -0.25) is 9.59 Å². The van der Waals surface area contributed by atoms with Crippen LogP contribution in [0, 0.1) is 17.3 Å². The first-order chi connectivity index (χ1) is 11.8. The molecule has 0 unspecified atom stereocenters. The molecule has 0 heterocycles. The SMILES string of the molecule is BCCCCCC[C@H]1C(=O)C[C@@H](O)[C@@H]1CCC(=O)C(C)(C)CCCC. The minimum absolute atomic E-state index is 0.00963. The van der Waals surface area contributed by atoms with Crippen molar-refractivity contribution in [3.05, 3.63) is 0 Å². The van der Waals surface area contributed by atoms with E-state index in [0.29, 0.717) is 12.8 Å². The zero-order valence-electron chi connectivity index (χ0n) is 17.0. The first-order valence-electron chi connectivity index (χ1n) is 10.6. The number of Topliss-reactive ketones (excluding diaryl/α,β-unsaturated/α-hetero) is 2. The lowest BCUT2D eigenvalue weighted by Gasteiger charge is -2.25. The van der Waals surface area contributed by atoms with E-state index in [2.05, 4.69) is 14.8 Å². The molecule has 1 fully saturated rings. The van der Waals surface area contributed by atoms with Crippen LogP contribution in [0.3, 0.4) is 0 Å². The van der Waals surface area contributed by atoms with Crippen molar-refractivity contribution >= 4 is 19.4 Å². The Morgan fingerprint density at radius 1 is 1.16 bits per heavy atom. The Kier molecular flexibility index (Phi) is 10.00. The predicted molar refractivity (Wildman–Crippen MR) is 107 cm³/mol. The maximum absolute atomic E-state index is 12.6. The van der Waals surface area contributed by atoms with Crippen molar-refractivity contribution in [2.24, 2.45) is 17.3 Å². The van der Waals surface area contributed by atoms with Gasteiger partial charge in [0.25, 0.3) is 0 Å². The maximum atomic E-state index is 12.6. The normalized spacial score (nSPS) is 24.0. The molecule has 0 bridgehead atoms. The second-order valence-electron chi connectivity index (χ2n) is 8.66. The lowest BCUT2D eigenvalue weighted by atomic mass is 9.78. The highest BCUT2D eigenvalue weighted by Crippen LogP contribution is 2.37. The number of rotatable bonds is 13. The molecular weight excluding hydrogens is 311 g/mol. The Morgan fingerprint density at radius 3 is 2.48 bits per heavy atom. The van der Waals surface area contributed by atoms with E-state index in [4.69, 9.17) is 0 Å². The number of hydrogen-bond acceptors (Lipinski definition) is 3. The number of aliphatic hydroxyl groups excluding tert-OH is 1. The topological polar surface area (TPSA) is 54.4 Å².